The summed E-state index contributed by atoms with van der Waals surface area (Å²) >= 11 is 0. The summed E-state index contributed by atoms with van der Waals surface area (Å²) in [5.41, 5.74) is 1.22. The molecule has 8 nitrogen and oxygen atoms in total. The SMILES string of the molecule is O=C(NCc1ccc(OC(F)F)cn1)[C@@H]1C[C@@H](O)CN1C(=O)OCc1ccccc1. The van der Waals surface area contributed by atoms with E-state index in [9.17, 15) is 23.5 Å². The van der Waals surface area contributed by atoms with Crippen molar-refractivity contribution < 1.29 is 33.0 Å². The third-order valence-corrected chi connectivity index (χ3v) is 4.49. The Kier molecular flexibility index (Phi) is 7.12. The number of aliphatic hydroxyl groups excluding tert-OH is 1. The van der Waals surface area contributed by atoms with E-state index in [1.54, 1.807) is 12.1 Å². The Morgan fingerprint density at radius 3 is 2.67 bits per heavy atom. The zero-order chi connectivity index (χ0) is 21.5. The van der Waals surface area contributed by atoms with E-state index in [0.717, 1.165) is 11.8 Å². The van der Waals surface area contributed by atoms with Gasteiger partial charge in [0.25, 0.3) is 0 Å². The molecule has 160 valence electrons. The zero-order valence-corrected chi connectivity index (χ0v) is 15.9. The molecule has 2 aromatic rings. The fraction of sp³-hybridized carbons (Fsp3) is 0.350. The number of pyridine rings is 1. The average molecular weight is 421 g/mol. The van der Waals surface area contributed by atoms with Gasteiger partial charge in [-0.15, -0.1) is 0 Å². The molecule has 0 saturated carbocycles. The first-order valence-corrected chi connectivity index (χ1v) is 9.25. The number of nitrogens with zero attached hydrogens (tertiary/aromatic N) is 2. The van der Waals surface area contributed by atoms with E-state index < -0.39 is 30.8 Å². The van der Waals surface area contributed by atoms with Crippen molar-refractivity contribution in [2.45, 2.75) is 38.3 Å². The molecule has 0 aliphatic carbocycles. The number of rotatable bonds is 7. The maximum Gasteiger partial charge on any atom is 0.410 e. The van der Waals surface area contributed by atoms with E-state index in [2.05, 4.69) is 15.0 Å². The summed E-state index contributed by atoms with van der Waals surface area (Å²) in [4.78, 5) is 30.1. The van der Waals surface area contributed by atoms with Crippen molar-refractivity contribution in [2.24, 2.45) is 0 Å². The first-order valence-electron chi connectivity index (χ1n) is 9.25. The second kappa shape index (κ2) is 9.97. The van der Waals surface area contributed by atoms with Crippen LogP contribution in [0.5, 0.6) is 5.75 Å². The predicted octanol–water partition coefficient (Wildman–Crippen LogP) is 2.07. The van der Waals surface area contributed by atoms with E-state index in [1.165, 1.54) is 17.0 Å². The normalized spacial score (nSPS) is 18.3. The third kappa shape index (κ3) is 5.86. The zero-order valence-electron chi connectivity index (χ0n) is 15.9. The molecule has 0 unspecified atom stereocenters. The molecule has 3 rings (SSSR count). The number of benzene rings is 1. The maximum atomic E-state index is 12.5. The van der Waals surface area contributed by atoms with E-state index in [4.69, 9.17) is 4.74 Å². The summed E-state index contributed by atoms with van der Waals surface area (Å²) in [5.74, 6) is -0.566. The van der Waals surface area contributed by atoms with E-state index in [1.807, 2.05) is 18.2 Å². The van der Waals surface area contributed by atoms with Crippen LogP contribution in [0.2, 0.25) is 0 Å². The summed E-state index contributed by atoms with van der Waals surface area (Å²) in [7, 11) is 0. The minimum atomic E-state index is -2.95. The van der Waals surface area contributed by atoms with E-state index >= 15 is 0 Å². The fourth-order valence-electron chi connectivity index (χ4n) is 3.05. The molecule has 30 heavy (non-hydrogen) atoms. The molecular weight excluding hydrogens is 400 g/mol. The molecule has 1 fully saturated rings. The molecule has 0 bridgehead atoms. The molecule has 0 radical (unpaired) electrons. The average Bonchev–Trinajstić information content (AvgIpc) is 3.13. The van der Waals surface area contributed by atoms with Gasteiger partial charge in [-0.05, 0) is 17.7 Å². The van der Waals surface area contributed by atoms with Gasteiger partial charge < -0.3 is 19.9 Å². The van der Waals surface area contributed by atoms with Crippen LogP contribution in [-0.4, -0.2) is 52.3 Å². The van der Waals surface area contributed by atoms with Gasteiger partial charge in [0.05, 0.1) is 31.1 Å². The fourth-order valence-corrected chi connectivity index (χ4v) is 3.05. The van der Waals surface area contributed by atoms with Crippen molar-refractivity contribution in [1.29, 1.82) is 0 Å². The van der Waals surface area contributed by atoms with Crippen molar-refractivity contribution in [3.63, 3.8) is 0 Å². The number of halogens is 2. The number of aliphatic hydroxyl groups is 1. The highest BCUT2D eigenvalue weighted by Gasteiger charge is 2.39. The number of amides is 2. The van der Waals surface area contributed by atoms with Crippen molar-refractivity contribution in [2.75, 3.05) is 6.54 Å². The molecule has 2 N–H and O–H groups in total. The molecule has 10 heteroatoms. The van der Waals surface area contributed by atoms with Gasteiger partial charge in [-0.1, -0.05) is 30.3 Å². The number of nitrogens with one attached hydrogen (secondary N) is 1. The van der Waals surface area contributed by atoms with Crippen LogP contribution >= 0.6 is 0 Å². The van der Waals surface area contributed by atoms with Crippen LogP contribution < -0.4 is 10.1 Å². The molecule has 2 atom stereocenters. The standard InChI is InChI=1S/C20H21F2N3O5/c21-19(22)30-16-7-6-14(23-10-16)9-24-18(27)17-8-15(26)11-25(17)20(28)29-12-13-4-2-1-3-5-13/h1-7,10,15,17,19,26H,8-9,11-12H2,(H,24,27)/t15-,17+/m1/s1. The number of aromatic nitrogens is 1. The molecule has 2 heterocycles. The van der Waals surface area contributed by atoms with E-state index in [-0.39, 0.29) is 31.9 Å². The number of likely N-dealkylation sites (tertiary alicyclic amines) is 1. The Hall–Kier alpha value is -3.27. The van der Waals surface area contributed by atoms with Gasteiger partial charge in [-0.25, -0.2) is 4.79 Å². The lowest BCUT2D eigenvalue weighted by Gasteiger charge is -2.23. The quantitative estimate of drug-likeness (QED) is 0.710. The highest BCUT2D eigenvalue weighted by molar-refractivity contribution is 5.86. The monoisotopic (exact) mass is 421 g/mol. The Morgan fingerprint density at radius 2 is 2.00 bits per heavy atom. The van der Waals surface area contributed by atoms with Gasteiger partial charge >= 0.3 is 12.7 Å². The molecule has 1 saturated heterocycles. The number of hydrogen-bond acceptors (Lipinski definition) is 6. The number of alkyl halides is 2. The first-order chi connectivity index (χ1) is 14.4. The Morgan fingerprint density at radius 1 is 1.23 bits per heavy atom. The van der Waals surface area contributed by atoms with Crippen LogP contribution in [-0.2, 0) is 22.7 Å². The molecule has 1 aromatic carbocycles. The predicted molar refractivity (Wildman–Crippen MR) is 100 cm³/mol. The third-order valence-electron chi connectivity index (χ3n) is 4.49. The van der Waals surface area contributed by atoms with Gasteiger partial charge in [0.15, 0.2) is 0 Å². The summed E-state index contributed by atoms with van der Waals surface area (Å²) in [5, 5.41) is 12.6. The van der Waals surface area contributed by atoms with Crippen molar-refractivity contribution in [3.05, 3.63) is 59.9 Å². The van der Waals surface area contributed by atoms with Gasteiger partial charge in [0, 0.05) is 6.42 Å². The lowest BCUT2D eigenvalue weighted by Crippen LogP contribution is -2.46. The Labute approximate surface area is 171 Å². The maximum absolute atomic E-state index is 12.5. The van der Waals surface area contributed by atoms with Crippen molar-refractivity contribution >= 4 is 12.0 Å². The van der Waals surface area contributed by atoms with Crippen LogP contribution in [0.15, 0.2) is 48.7 Å². The summed E-state index contributed by atoms with van der Waals surface area (Å²) in [6, 6.07) is 11.0. The second-order valence-electron chi connectivity index (χ2n) is 6.68. The van der Waals surface area contributed by atoms with Gasteiger partial charge in [0.1, 0.15) is 18.4 Å². The molecule has 1 aliphatic rings. The number of β-amino-alcohol motifs (C(OH)–C–C–N with tert-alkyl or cyclic N) is 1. The number of ether oxygens (including phenoxy) is 2. The van der Waals surface area contributed by atoms with Crippen LogP contribution in [0.4, 0.5) is 13.6 Å². The summed E-state index contributed by atoms with van der Waals surface area (Å²) < 4.78 is 33.8. The highest BCUT2D eigenvalue weighted by atomic mass is 19.3. The molecule has 1 aromatic heterocycles. The van der Waals surface area contributed by atoms with Crippen LogP contribution in [0, 0.1) is 0 Å². The summed E-state index contributed by atoms with van der Waals surface area (Å²) in [6.45, 7) is -2.88. The van der Waals surface area contributed by atoms with Crippen LogP contribution in [0.25, 0.3) is 0 Å². The Bertz CT molecular complexity index is 851. The summed E-state index contributed by atoms with van der Waals surface area (Å²) in [6.07, 6.45) is -0.322. The molecular formula is C20H21F2N3O5. The number of carbonyl (C=O) groups is 2. The minimum Gasteiger partial charge on any atom is -0.445 e. The topological polar surface area (TPSA) is 101 Å². The second-order valence-corrected chi connectivity index (χ2v) is 6.68. The molecule has 2 amide bonds. The van der Waals surface area contributed by atoms with Crippen LogP contribution in [0.3, 0.4) is 0 Å². The van der Waals surface area contributed by atoms with Crippen molar-refractivity contribution in [1.82, 2.24) is 15.2 Å². The lowest BCUT2D eigenvalue weighted by molar-refractivity contribution is -0.125. The number of hydrogen-bond donors (Lipinski definition) is 2. The van der Waals surface area contributed by atoms with Crippen LogP contribution in [0.1, 0.15) is 17.7 Å². The molecule has 0 spiro atoms. The largest absolute Gasteiger partial charge is 0.445 e. The minimum absolute atomic E-state index is 0.0103. The lowest BCUT2D eigenvalue weighted by atomic mass is 10.2. The van der Waals surface area contributed by atoms with E-state index in [0.29, 0.717) is 5.69 Å². The first kappa shape index (κ1) is 21.4. The number of carbonyl (C=O) groups excluding carboxylic acids is 2. The van der Waals surface area contributed by atoms with Gasteiger partial charge in [-0.2, -0.15) is 8.78 Å². The van der Waals surface area contributed by atoms with Crippen molar-refractivity contribution in [3.8, 4) is 5.75 Å². The highest BCUT2D eigenvalue weighted by Crippen LogP contribution is 2.20. The van der Waals surface area contributed by atoms with Gasteiger partial charge in [-0.3, -0.25) is 14.7 Å². The Balaban J connectivity index is 1.53. The van der Waals surface area contributed by atoms with Gasteiger partial charge in [0.2, 0.25) is 5.91 Å². The smallest absolute Gasteiger partial charge is 0.410 e. The molecule has 1 aliphatic heterocycles.